The van der Waals surface area contributed by atoms with Crippen molar-refractivity contribution < 1.29 is 4.74 Å². The van der Waals surface area contributed by atoms with Crippen LogP contribution in [0, 0.1) is 5.92 Å². The second-order valence-electron chi connectivity index (χ2n) is 4.76. The molecule has 2 aliphatic rings. The molecule has 0 amide bonds. The Balaban J connectivity index is 1.35. The highest BCUT2D eigenvalue weighted by molar-refractivity contribution is 4.73. The third kappa shape index (κ3) is 3.97. The molecule has 14 heavy (non-hydrogen) atoms. The van der Waals surface area contributed by atoms with Gasteiger partial charge in [-0.05, 0) is 51.1 Å². The molecule has 1 atom stereocenters. The highest BCUT2D eigenvalue weighted by atomic mass is 16.5. The summed E-state index contributed by atoms with van der Waals surface area (Å²) < 4.78 is 5.58. The van der Waals surface area contributed by atoms with Gasteiger partial charge in [-0.1, -0.05) is 12.8 Å². The van der Waals surface area contributed by atoms with E-state index in [4.69, 9.17) is 4.74 Å². The Morgan fingerprint density at radius 1 is 1.07 bits per heavy atom. The number of hydrogen-bond donors (Lipinski definition) is 1. The van der Waals surface area contributed by atoms with Crippen LogP contribution in [-0.4, -0.2) is 25.8 Å². The van der Waals surface area contributed by atoms with Gasteiger partial charge in [-0.2, -0.15) is 0 Å². The smallest absolute Gasteiger partial charge is 0.0576 e. The van der Waals surface area contributed by atoms with Crippen molar-refractivity contribution in [2.45, 2.75) is 51.0 Å². The fourth-order valence-electron chi connectivity index (χ4n) is 2.16. The topological polar surface area (TPSA) is 21.3 Å². The molecule has 2 fully saturated rings. The van der Waals surface area contributed by atoms with Gasteiger partial charge in [0.1, 0.15) is 0 Å². The van der Waals surface area contributed by atoms with Crippen molar-refractivity contribution in [1.29, 1.82) is 0 Å². The Labute approximate surface area is 87.4 Å². The zero-order valence-corrected chi connectivity index (χ0v) is 9.13. The first-order valence-electron chi connectivity index (χ1n) is 6.27. The lowest BCUT2D eigenvalue weighted by molar-refractivity contribution is 0.102. The first kappa shape index (κ1) is 10.4. The number of rotatable bonds is 7. The second kappa shape index (κ2) is 5.72. The second-order valence-corrected chi connectivity index (χ2v) is 4.76. The van der Waals surface area contributed by atoms with Crippen LogP contribution in [0.3, 0.4) is 0 Å². The van der Waals surface area contributed by atoms with Crippen LogP contribution in [0.15, 0.2) is 0 Å². The maximum Gasteiger partial charge on any atom is 0.0576 e. The van der Waals surface area contributed by atoms with Gasteiger partial charge < -0.3 is 10.1 Å². The molecule has 2 rings (SSSR count). The normalized spacial score (nSPS) is 27.0. The van der Waals surface area contributed by atoms with Crippen molar-refractivity contribution in [3.8, 4) is 0 Å². The van der Waals surface area contributed by atoms with Crippen LogP contribution in [0.2, 0.25) is 0 Å². The fourth-order valence-corrected chi connectivity index (χ4v) is 2.16. The predicted octanol–water partition coefficient (Wildman–Crippen LogP) is 2.34. The zero-order chi connectivity index (χ0) is 9.64. The summed E-state index contributed by atoms with van der Waals surface area (Å²) in [4.78, 5) is 0. The van der Waals surface area contributed by atoms with Gasteiger partial charge in [0.25, 0.3) is 0 Å². The maximum absolute atomic E-state index is 5.58. The third-order valence-electron chi connectivity index (χ3n) is 3.33. The summed E-state index contributed by atoms with van der Waals surface area (Å²) in [6, 6.07) is 0. The van der Waals surface area contributed by atoms with Gasteiger partial charge in [0, 0.05) is 6.61 Å². The van der Waals surface area contributed by atoms with Gasteiger partial charge in [0.2, 0.25) is 0 Å². The molecular weight excluding hydrogens is 174 g/mol. The minimum atomic E-state index is 0.584. The van der Waals surface area contributed by atoms with Crippen LogP contribution in [0.4, 0.5) is 0 Å². The summed E-state index contributed by atoms with van der Waals surface area (Å²) in [5.74, 6) is 1.07. The van der Waals surface area contributed by atoms with E-state index >= 15 is 0 Å². The molecule has 0 aromatic heterocycles. The van der Waals surface area contributed by atoms with E-state index in [-0.39, 0.29) is 0 Å². The molecule has 2 heteroatoms. The Kier molecular flexibility index (Phi) is 4.26. The molecule has 1 aliphatic carbocycles. The summed E-state index contributed by atoms with van der Waals surface area (Å²) in [5.41, 5.74) is 0. The van der Waals surface area contributed by atoms with Crippen LogP contribution in [0.25, 0.3) is 0 Å². The Morgan fingerprint density at radius 2 is 2.00 bits per heavy atom. The third-order valence-corrected chi connectivity index (χ3v) is 3.33. The highest BCUT2D eigenvalue weighted by Gasteiger charge is 2.20. The van der Waals surface area contributed by atoms with Gasteiger partial charge in [-0.25, -0.2) is 0 Å². The summed E-state index contributed by atoms with van der Waals surface area (Å²) in [7, 11) is 0. The molecule has 1 N–H and O–H groups in total. The van der Waals surface area contributed by atoms with Crippen molar-refractivity contribution in [1.82, 2.24) is 5.32 Å². The van der Waals surface area contributed by atoms with Crippen LogP contribution in [-0.2, 0) is 4.74 Å². The van der Waals surface area contributed by atoms with Crippen molar-refractivity contribution in [3.05, 3.63) is 0 Å². The fraction of sp³-hybridized carbons (Fsp3) is 1.00. The van der Waals surface area contributed by atoms with E-state index in [1.165, 1.54) is 58.0 Å². The minimum absolute atomic E-state index is 0.584. The predicted molar refractivity (Wildman–Crippen MR) is 58.4 cm³/mol. The van der Waals surface area contributed by atoms with Crippen molar-refractivity contribution in [2.75, 3.05) is 19.7 Å². The molecular formula is C12H23NO. The molecule has 1 saturated carbocycles. The first-order chi connectivity index (χ1) is 6.95. The number of ether oxygens (including phenoxy) is 1. The summed E-state index contributed by atoms with van der Waals surface area (Å²) in [6.07, 6.45) is 10.1. The van der Waals surface area contributed by atoms with Gasteiger partial charge in [0.15, 0.2) is 0 Å². The summed E-state index contributed by atoms with van der Waals surface area (Å²) in [6.45, 7) is 3.42. The van der Waals surface area contributed by atoms with Gasteiger partial charge in [0.05, 0.1) is 6.10 Å². The van der Waals surface area contributed by atoms with Gasteiger partial charge >= 0.3 is 0 Å². The van der Waals surface area contributed by atoms with E-state index in [1.807, 2.05) is 0 Å². The van der Waals surface area contributed by atoms with Crippen LogP contribution in [0.5, 0.6) is 0 Å². The van der Waals surface area contributed by atoms with Crippen molar-refractivity contribution in [3.63, 3.8) is 0 Å². The number of nitrogens with one attached hydrogen (secondary N) is 1. The number of hydrogen-bond acceptors (Lipinski definition) is 2. The molecule has 0 radical (unpaired) electrons. The van der Waals surface area contributed by atoms with E-state index in [1.54, 1.807) is 0 Å². The van der Waals surface area contributed by atoms with Crippen molar-refractivity contribution >= 4 is 0 Å². The van der Waals surface area contributed by atoms with Crippen LogP contribution in [0.1, 0.15) is 44.9 Å². The average molecular weight is 197 g/mol. The van der Waals surface area contributed by atoms with Gasteiger partial charge in [-0.3, -0.25) is 0 Å². The monoisotopic (exact) mass is 197 g/mol. The molecule has 0 aromatic rings. The Bertz CT molecular complexity index is 150. The van der Waals surface area contributed by atoms with Crippen LogP contribution >= 0.6 is 0 Å². The molecule has 0 aromatic carbocycles. The SMILES string of the molecule is C(CNCCC1CC1)CC1CCCO1. The quantitative estimate of drug-likeness (QED) is 0.632. The van der Waals surface area contributed by atoms with E-state index in [2.05, 4.69) is 5.32 Å². The molecule has 1 aliphatic heterocycles. The first-order valence-corrected chi connectivity index (χ1v) is 6.27. The molecule has 82 valence electrons. The molecule has 2 nitrogen and oxygen atoms in total. The lowest BCUT2D eigenvalue weighted by Gasteiger charge is -2.09. The molecule has 0 bridgehead atoms. The van der Waals surface area contributed by atoms with Crippen LogP contribution < -0.4 is 5.32 Å². The summed E-state index contributed by atoms with van der Waals surface area (Å²) in [5, 5.41) is 3.53. The van der Waals surface area contributed by atoms with E-state index < -0.39 is 0 Å². The Hall–Kier alpha value is -0.0800. The summed E-state index contributed by atoms with van der Waals surface area (Å²) >= 11 is 0. The van der Waals surface area contributed by atoms with E-state index in [0.29, 0.717) is 6.10 Å². The highest BCUT2D eigenvalue weighted by Crippen LogP contribution is 2.31. The van der Waals surface area contributed by atoms with Gasteiger partial charge in [-0.15, -0.1) is 0 Å². The lowest BCUT2D eigenvalue weighted by atomic mass is 10.1. The van der Waals surface area contributed by atoms with Crippen molar-refractivity contribution in [2.24, 2.45) is 5.92 Å². The molecule has 1 unspecified atom stereocenters. The standard InChI is InChI=1S/C12H23NO/c1(3-12-4-2-10-14-12)8-13-9-7-11-5-6-11/h11-13H,1-10H2. The zero-order valence-electron chi connectivity index (χ0n) is 9.13. The lowest BCUT2D eigenvalue weighted by Crippen LogP contribution is -2.18. The largest absolute Gasteiger partial charge is 0.378 e. The molecule has 1 heterocycles. The Morgan fingerprint density at radius 3 is 2.71 bits per heavy atom. The average Bonchev–Trinajstić information content (AvgIpc) is 2.87. The maximum atomic E-state index is 5.58. The van der Waals surface area contributed by atoms with E-state index in [0.717, 1.165) is 12.5 Å². The minimum Gasteiger partial charge on any atom is -0.378 e. The molecule has 0 spiro atoms. The van der Waals surface area contributed by atoms with E-state index in [9.17, 15) is 0 Å². The molecule has 1 saturated heterocycles.